The number of rotatable bonds is 2. The summed E-state index contributed by atoms with van der Waals surface area (Å²) in [6.07, 6.45) is 0.602. The van der Waals surface area contributed by atoms with Crippen LogP contribution in [0.25, 0.3) is 5.52 Å². The molecule has 0 fully saturated rings. The standard InChI is InChI=1S/C8H9ClN4O/c9-8-6-2-1-5(7(14)3-10)13(6)12-4-11-8/h1-2,4,7,14H,3,10H2. The van der Waals surface area contributed by atoms with E-state index in [1.54, 1.807) is 12.1 Å². The molecule has 0 saturated carbocycles. The second-order valence-corrected chi connectivity index (χ2v) is 3.22. The lowest BCUT2D eigenvalue weighted by Crippen LogP contribution is -2.14. The fraction of sp³-hybridized carbons (Fsp3) is 0.250. The summed E-state index contributed by atoms with van der Waals surface area (Å²) in [5, 5.41) is 13.9. The number of hydrogen-bond acceptors (Lipinski definition) is 4. The van der Waals surface area contributed by atoms with Crippen molar-refractivity contribution >= 4 is 17.1 Å². The molecule has 2 aromatic heterocycles. The highest BCUT2D eigenvalue weighted by atomic mass is 35.5. The molecule has 2 rings (SSSR count). The van der Waals surface area contributed by atoms with Crippen LogP contribution in [0.5, 0.6) is 0 Å². The lowest BCUT2D eigenvalue weighted by molar-refractivity contribution is 0.179. The third-order valence-electron chi connectivity index (χ3n) is 2.00. The van der Waals surface area contributed by atoms with Crippen LogP contribution in [0.2, 0.25) is 5.15 Å². The van der Waals surface area contributed by atoms with Gasteiger partial charge in [0.15, 0.2) is 5.15 Å². The quantitative estimate of drug-likeness (QED) is 0.755. The van der Waals surface area contributed by atoms with Crippen molar-refractivity contribution in [3.63, 3.8) is 0 Å². The molecule has 0 saturated heterocycles. The zero-order chi connectivity index (χ0) is 10.1. The van der Waals surface area contributed by atoms with E-state index < -0.39 is 6.10 Å². The molecule has 0 amide bonds. The summed E-state index contributed by atoms with van der Waals surface area (Å²) in [5.41, 5.74) is 6.63. The van der Waals surface area contributed by atoms with Gasteiger partial charge in [-0.05, 0) is 12.1 Å². The van der Waals surface area contributed by atoms with Crippen molar-refractivity contribution in [2.45, 2.75) is 6.10 Å². The Balaban J connectivity index is 2.63. The van der Waals surface area contributed by atoms with Crippen LogP contribution in [-0.2, 0) is 0 Å². The van der Waals surface area contributed by atoms with E-state index >= 15 is 0 Å². The first-order chi connectivity index (χ1) is 6.74. The maximum Gasteiger partial charge on any atom is 0.156 e. The van der Waals surface area contributed by atoms with Crippen LogP contribution in [0.15, 0.2) is 18.5 Å². The summed E-state index contributed by atoms with van der Waals surface area (Å²) in [5.74, 6) is 0. The van der Waals surface area contributed by atoms with Gasteiger partial charge < -0.3 is 10.8 Å². The molecular weight excluding hydrogens is 204 g/mol. The van der Waals surface area contributed by atoms with Gasteiger partial charge in [-0.2, -0.15) is 5.10 Å². The Morgan fingerprint density at radius 3 is 3.07 bits per heavy atom. The largest absolute Gasteiger partial charge is 0.385 e. The number of fused-ring (bicyclic) bond motifs is 1. The Morgan fingerprint density at radius 2 is 2.36 bits per heavy atom. The Kier molecular flexibility index (Phi) is 2.37. The van der Waals surface area contributed by atoms with Crippen molar-refractivity contribution in [2.24, 2.45) is 5.73 Å². The normalized spacial score (nSPS) is 13.4. The smallest absolute Gasteiger partial charge is 0.156 e. The number of halogens is 1. The predicted octanol–water partition coefficient (Wildman–Crippen LogP) is 0.375. The van der Waals surface area contributed by atoms with Crippen LogP contribution in [0, 0.1) is 0 Å². The third kappa shape index (κ3) is 1.35. The topological polar surface area (TPSA) is 76.4 Å². The van der Waals surface area contributed by atoms with E-state index in [1.165, 1.54) is 10.8 Å². The highest BCUT2D eigenvalue weighted by molar-refractivity contribution is 6.32. The van der Waals surface area contributed by atoms with Crippen LogP contribution in [0.1, 0.15) is 11.8 Å². The highest BCUT2D eigenvalue weighted by Gasteiger charge is 2.12. The first-order valence-electron chi connectivity index (χ1n) is 4.10. The van der Waals surface area contributed by atoms with E-state index in [9.17, 15) is 5.11 Å². The molecule has 0 aliphatic heterocycles. The van der Waals surface area contributed by atoms with E-state index in [-0.39, 0.29) is 6.54 Å². The Hall–Kier alpha value is -1.17. The second kappa shape index (κ2) is 3.53. The fourth-order valence-corrected chi connectivity index (χ4v) is 1.48. The van der Waals surface area contributed by atoms with Gasteiger partial charge in [0.05, 0.1) is 5.69 Å². The van der Waals surface area contributed by atoms with E-state index in [4.69, 9.17) is 17.3 Å². The maximum atomic E-state index is 9.56. The number of aliphatic hydroxyl groups excluding tert-OH is 1. The van der Waals surface area contributed by atoms with Gasteiger partial charge in [-0.15, -0.1) is 0 Å². The van der Waals surface area contributed by atoms with Crippen molar-refractivity contribution in [3.8, 4) is 0 Å². The van der Waals surface area contributed by atoms with Gasteiger partial charge in [0.2, 0.25) is 0 Å². The van der Waals surface area contributed by atoms with Crippen LogP contribution in [0.4, 0.5) is 0 Å². The molecule has 0 aromatic carbocycles. The molecule has 0 radical (unpaired) electrons. The average Bonchev–Trinajstić information content (AvgIpc) is 2.62. The number of nitrogens with two attached hydrogens (primary N) is 1. The number of hydrogen-bond donors (Lipinski definition) is 2. The van der Waals surface area contributed by atoms with Crippen LogP contribution in [-0.4, -0.2) is 26.2 Å². The first kappa shape index (κ1) is 9.39. The molecule has 14 heavy (non-hydrogen) atoms. The summed E-state index contributed by atoms with van der Waals surface area (Å²) in [7, 11) is 0. The van der Waals surface area contributed by atoms with E-state index in [2.05, 4.69) is 10.1 Å². The lowest BCUT2D eigenvalue weighted by Gasteiger charge is -2.06. The molecule has 1 unspecified atom stereocenters. The minimum absolute atomic E-state index is 0.147. The van der Waals surface area contributed by atoms with E-state index in [1.807, 2.05) is 0 Å². The molecule has 0 bridgehead atoms. The van der Waals surface area contributed by atoms with Gasteiger partial charge in [0.25, 0.3) is 0 Å². The minimum atomic E-state index is -0.733. The van der Waals surface area contributed by atoms with E-state index in [0.29, 0.717) is 16.4 Å². The van der Waals surface area contributed by atoms with Crippen molar-refractivity contribution in [1.29, 1.82) is 0 Å². The Labute approximate surface area is 85.1 Å². The fourth-order valence-electron chi connectivity index (χ4n) is 1.30. The SMILES string of the molecule is NCC(O)c1ccc2c(Cl)ncnn12. The van der Waals surface area contributed by atoms with Crippen LogP contribution >= 0.6 is 11.6 Å². The number of aliphatic hydroxyl groups is 1. The molecular formula is C8H9ClN4O. The molecule has 2 heterocycles. The Morgan fingerprint density at radius 1 is 1.57 bits per heavy atom. The summed E-state index contributed by atoms with van der Waals surface area (Å²) in [6.45, 7) is 0.147. The molecule has 74 valence electrons. The van der Waals surface area contributed by atoms with Gasteiger partial charge in [0, 0.05) is 6.54 Å². The van der Waals surface area contributed by atoms with Crippen molar-refractivity contribution in [3.05, 3.63) is 29.3 Å². The molecule has 0 spiro atoms. The maximum absolute atomic E-state index is 9.56. The predicted molar refractivity (Wildman–Crippen MR) is 52.0 cm³/mol. The highest BCUT2D eigenvalue weighted by Crippen LogP contribution is 2.19. The minimum Gasteiger partial charge on any atom is -0.385 e. The van der Waals surface area contributed by atoms with Gasteiger partial charge in [-0.1, -0.05) is 11.6 Å². The zero-order valence-corrected chi connectivity index (χ0v) is 8.02. The third-order valence-corrected chi connectivity index (χ3v) is 2.29. The molecule has 5 nitrogen and oxygen atoms in total. The van der Waals surface area contributed by atoms with Gasteiger partial charge in [-0.3, -0.25) is 0 Å². The summed E-state index contributed by atoms with van der Waals surface area (Å²) < 4.78 is 1.53. The molecule has 0 aliphatic carbocycles. The van der Waals surface area contributed by atoms with Crippen LogP contribution in [0.3, 0.4) is 0 Å². The summed E-state index contributed by atoms with van der Waals surface area (Å²) in [6, 6.07) is 3.48. The Bertz CT molecular complexity index is 456. The molecule has 6 heteroatoms. The van der Waals surface area contributed by atoms with Gasteiger partial charge in [-0.25, -0.2) is 9.50 Å². The second-order valence-electron chi connectivity index (χ2n) is 2.86. The molecule has 3 N–H and O–H groups in total. The molecule has 0 aliphatic rings. The monoisotopic (exact) mass is 212 g/mol. The number of aromatic nitrogens is 3. The molecule has 2 aromatic rings. The summed E-state index contributed by atoms with van der Waals surface area (Å²) in [4.78, 5) is 3.83. The van der Waals surface area contributed by atoms with Crippen molar-refractivity contribution < 1.29 is 5.11 Å². The zero-order valence-electron chi connectivity index (χ0n) is 7.26. The summed E-state index contributed by atoms with van der Waals surface area (Å²) >= 11 is 5.83. The van der Waals surface area contributed by atoms with E-state index in [0.717, 1.165) is 0 Å². The number of nitrogens with zero attached hydrogens (tertiary/aromatic N) is 3. The average molecular weight is 213 g/mol. The van der Waals surface area contributed by atoms with Gasteiger partial charge >= 0.3 is 0 Å². The van der Waals surface area contributed by atoms with Gasteiger partial charge in [0.1, 0.15) is 17.9 Å². The first-order valence-corrected chi connectivity index (χ1v) is 4.48. The van der Waals surface area contributed by atoms with Crippen molar-refractivity contribution in [2.75, 3.05) is 6.54 Å². The molecule has 1 atom stereocenters. The van der Waals surface area contributed by atoms with Crippen molar-refractivity contribution in [1.82, 2.24) is 14.6 Å². The van der Waals surface area contributed by atoms with Crippen LogP contribution < -0.4 is 5.73 Å². The lowest BCUT2D eigenvalue weighted by atomic mass is 10.3.